The van der Waals surface area contributed by atoms with Gasteiger partial charge in [0.25, 0.3) is 6.43 Å². The minimum atomic E-state index is -2.65. The highest BCUT2D eigenvalue weighted by Crippen LogP contribution is 2.36. The predicted octanol–water partition coefficient (Wildman–Crippen LogP) is 4.61. The van der Waals surface area contributed by atoms with Gasteiger partial charge in [-0.15, -0.1) is 0 Å². The van der Waals surface area contributed by atoms with E-state index in [2.05, 4.69) is 14.1 Å². The van der Waals surface area contributed by atoms with Crippen molar-refractivity contribution in [1.82, 2.24) is 8.75 Å². The molecule has 0 fully saturated rings. The van der Waals surface area contributed by atoms with Gasteiger partial charge in [-0.1, -0.05) is 11.6 Å². The van der Waals surface area contributed by atoms with Gasteiger partial charge in [0.2, 0.25) is 0 Å². The fraction of sp³-hybridized carbons (Fsp3) is 0.0769. The molecular formula is C13H9ClF2N4S. The van der Waals surface area contributed by atoms with Gasteiger partial charge in [0.05, 0.1) is 22.4 Å². The lowest BCUT2D eigenvalue weighted by Gasteiger charge is -2.13. The number of hydrogen-bond acceptors (Lipinski definition) is 5. The summed E-state index contributed by atoms with van der Waals surface area (Å²) in [6, 6.07) is 7.64. The summed E-state index contributed by atoms with van der Waals surface area (Å²) in [7, 11) is 0. The van der Waals surface area contributed by atoms with E-state index in [1.54, 1.807) is 18.2 Å². The standard InChI is InChI=1S/C13H9ClF2N4S/c14-8-2-4-10-12(20-21-19-10)11(8)18-9-3-1-6(17)5-7(9)13(15)16/h1-5,13,18H,17H2. The number of nitrogens with two attached hydrogens (primary N) is 1. The molecule has 0 aliphatic carbocycles. The second-order valence-electron chi connectivity index (χ2n) is 4.33. The molecular weight excluding hydrogens is 318 g/mol. The second kappa shape index (κ2) is 5.42. The number of nitrogen functional groups attached to an aromatic ring is 1. The highest BCUT2D eigenvalue weighted by atomic mass is 35.5. The third kappa shape index (κ3) is 2.62. The first-order valence-electron chi connectivity index (χ1n) is 5.91. The molecule has 108 valence electrons. The second-order valence-corrected chi connectivity index (χ2v) is 5.26. The molecule has 0 radical (unpaired) electrons. The summed E-state index contributed by atoms with van der Waals surface area (Å²) in [5.74, 6) is 0. The molecule has 21 heavy (non-hydrogen) atoms. The molecule has 1 aromatic heterocycles. The van der Waals surface area contributed by atoms with Crippen LogP contribution >= 0.6 is 23.3 Å². The Morgan fingerprint density at radius 1 is 1.19 bits per heavy atom. The SMILES string of the molecule is Nc1ccc(Nc2c(Cl)ccc3nsnc23)c(C(F)F)c1. The highest BCUT2D eigenvalue weighted by Gasteiger charge is 2.16. The Balaban J connectivity index is 2.11. The molecule has 0 aliphatic heterocycles. The number of alkyl halides is 2. The van der Waals surface area contributed by atoms with Crippen LogP contribution < -0.4 is 11.1 Å². The fourth-order valence-corrected chi connectivity index (χ4v) is 2.70. The van der Waals surface area contributed by atoms with Crippen LogP contribution in [-0.2, 0) is 0 Å². The number of halogens is 3. The lowest BCUT2D eigenvalue weighted by Crippen LogP contribution is -1.99. The first-order valence-corrected chi connectivity index (χ1v) is 7.02. The Bertz CT molecular complexity index is 806. The smallest absolute Gasteiger partial charge is 0.265 e. The number of nitrogens with one attached hydrogen (secondary N) is 1. The van der Waals surface area contributed by atoms with Crippen LogP contribution in [-0.4, -0.2) is 8.75 Å². The first-order chi connectivity index (χ1) is 10.1. The highest BCUT2D eigenvalue weighted by molar-refractivity contribution is 7.00. The zero-order chi connectivity index (χ0) is 15.0. The van der Waals surface area contributed by atoms with E-state index < -0.39 is 6.43 Å². The molecule has 0 spiro atoms. The number of rotatable bonds is 3. The van der Waals surface area contributed by atoms with E-state index in [4.69, 9.17) is 17.3 Å². The molecule has 2 aromatic carbocycles. The lowest BCUT2D eigenvalue weighted by molar-refractivity contribution is 0.152. The van der Waals surface area contributed by atoms with Crippen molar-refractivity contribution < 1.29 is 8.78 Å². The third-order valence-electron chi connectivity index (χ3n) is 2.95. The number of benzene rings is 2. The van der Waals surface area contributed by atoms with Crippen LogP contribution in [0.2, 0.25) is 5.02 Å². The van der Waals surface area contributed by atoms with E-state index >= 15 is 0 Å². The van der Waals surface area contributed by atoms with Crippen molar-refractivity contribution in [2.75, 3.05) is 11.1 Å². The summed E-state index contributed by atoms with van der Waals surface area (Å²) in [4.78, 5) is 0. The molecule has 0 bridgehead atoms. The number of fused-ring (bicyclic) bond motifs is 1. The summed E-state index contributed by atoms with van der Waals surface area (Å²) in [5, 5.41) is 3.30. The zero-order valence-electron chi connectivity index (χ0n) is 10.5. The van der Waals surface area contributed by atoms with Gasteiger partial charge < -0.3 is 11.1 Å². The Kier molecular flexibility index (Phi) is 3.60. The molecule has 3 aromatic rings. The summed E-state index contributed by atoms with van der Waals surface area (Å²) < 4.78 is 34.5. The monoisotopic (exact) mass is 326 g/mol. The van der Waals surface area contributed by atoms with Crippen LogP contribution in [0.15, 0.2) is 30.3 Å². The molecule has 0 atom stereocenters. The average molecular weight is 327 g/mol. The number of aromatic nitrogens is 2. The molecule has 0 amide bonds. The zero-order valence-corrected chi connectivity index (χ0v) is 12.1. The lowest BCUT2D eigenvalue weighted by atomic mass is 10.1. The molecule has 0 saturated carbocycles. The van der Waals surface area contributed by atoms with Gasteiger partial charge in [-0.05, 0) is 30.3 Å². The van der Waals surface area contributed by atoms with Crippen LogP contribution in [0.1, 0.15) is 12.0 Å². The van der Waals surface area contributed by atoms with Crippen molar-refractivity contribution in [3.8, 4) is 0 Å². The van der Waals surface area contributed by atoms with Crippen LogP contribution in [0.25, 0.3) is 11.0 Å². The first kappa shape index (κ1) is 14.0. The molecule has 8 heteroatoms. The molecule has 3 N–H and O–H groups in total. The van der Waals surface area contributed by atoms with Gasteiger partial charge in [-0.3, -0.25) is 0 Å². The van der Waals surface area contributed by atoms with Crippen molar-refractivity contribution in [2.24, 2.45) is 0 Å². The van der Waals surface area contributed by atoms with Crippen molar-refractivity contribution in [2.45, 2.75) is 6.43 Å². The Hall–Kier alpha value is -1.99. The summed E-state index contributed by atoms with van der Waals surface area (Å²) in [6.45, 7) is 0. The quantitative estimate of drug-likeness (QED) is 0.690. The normalized spacial score (nSPS) is 11.2. The van der Waals surface area contributed by atoms with Crippen LogP contribution in [0.5, 0.6) is 0 Å². The van der Waals surface area contributed by atoms with Gasteiger partial charge in [0, 0.05) is 16.9 Å². The summed E-state index contributed by atoms with van der Waals surface area (Å²) >= 11 is 7.17. The molecule has 1 heterocycles. The van der Waals surface area contributed by atoms with Crippen molar-refractivity contribution >= 4 is 51.4 Å². The summed E-state index contributed by atoms with van der Waals surface area (Å²) in [5.41, 5.74) is 7.53. The number of hydrogen-bond donors (Lipinski definition) is 2. The predicted molar refractivity (Wildman–Crippen MR) is 81.5 cm³/mol. The molecule has 0 aliphatic rings. The molecule has 4 nitrogen and oxygen atoms in total. The van der Waals surface area contributed by atoms with Crippen molar-refractivity contribution in [3.05, 3.63) is 40.9 Å². The van der Waals surface area contributed by atoms with Gasteiger partial charge in [-0.2, -0.15) is 8.75 Å². The maximum absolute atomic E-state index is 13.1. The Labute approximate surface area is 127 Å². The Morgan fingerprint density at radius 2 is 2.00 bits per heavy atom. The fourth-order valence-electron chi connectivity index (χ4n) is 1.96. The van der Waals surface area contributed by atoms with Gasteiger partial charge >= 0.3 is 0 Å². The van der Waals surface area contributed by atoms with Gasteiger partial charge in [0.15, 0.2) is 0 Å². The topological polar surface area (TPSA) is 63.8 Å². The van der Waals surface area contributed by atoms with Crippen LogP contribution in [0.4, 0.5) is 25.8 Å². The van der Waals surface area contributed by atoms with Crippen molar-refractivity contribution in [1.29, 1.82) is 0 Å². The maximum Gasteiger partial charge on any atom is 0.265 e. The van der Waals surface area contributed by atoms with E-state index in [1.807, 2.05) is 0 Å². The van der Waals surface area contributed by atoms with E-state index in [-0.39, 0.29) is 16.9 Å². The molecule has 0 unspecified atom stereocenters. The number of anilines is 3. The minimum Gasteiger partial charge on any atom is -0.399 e. The van der Waals surface area contributed by atoms with Crippen LogP contribution in [0, 0.1) is 0 Å². The molecule has 3 rings (SSSR count). The number of nitrogens with zero attached hydrogens (tertiary/aromatic N) is 2. The largest absolute Gasteiger partial charge is 0.399 e. The molecule has 0 saturated heterocycles. The van der Waals surface area contributed by atoms with Gasteiger partial charge in [-0.25, -0.2) is 8.78 Å². The van der Waals surface area contributed by atoms with E-state index in [9.17, 15) is 8.78 Å². The summed E-state index contributed by atoms with van der Waals surface area (Å²) in [6.07, 6.45) is -2.65. The minimum absolute atomic E-state index is 0.189. The Morgan fingerprint density at radius 3 is 2.76 bits per heavy atom. The van der Waals surface area contributed by atoms with E-state index in [1.165, 1.54) is 12.1 Å². The van der Waals surface area contributed by atoms with E-state index in [0.29, 0.717) is 21.7 Å². The average Bonchev–Trinajstić information content (AvgIpc) is 2.92. The van der Waals surface area contributed by atoms with E-state index in [0.717, 1.165) is 11.7 Å². The maximum atomic E-state index is 13.1. The van der Waals surface area contributed by atoms with Crippen LogP contribution in [0.3, 0.4) is 0 Å². The van der Waals surface area contributed by atoms with Crippen molar-refractivity contribution in [3.63, 3.8) is 0 Å². The van der Waals surface area contributed by atoms with Gasteiger partial charge in [0.1, 0.15) is 11.0 Å². The third-order valence-corrected chi connectivity index (χ3v) is 3.80.